The fourth-order valence-electron chi connectivity index (χ4n) is 1.19. The van der Waals surface area contributed by atoms with E-state index in [0.717, 1.165) is 6.54 Å². The summed E-state index contributed by atoms with van der Waals surface area (Å²) in [6.07, 6.45) is 0.104. The molecule has 4 nitrogen and oxygen atoms in total. The lowest BCUT2D eigenvalue weighted by Crippen LogP contribution is -2.33. The van der Waals surface area contributed by atoms with Crippen molar-refractivity contribution < 1.29 is 18.3 Å². The summed E-state index contributed by atoms with van der Waals surface area (Å²) in [7, 11) is 0. The van der Waals surface area contributed by atoms with Crippen molar-refractivity contribution in [3.63, 3.8) is 0 Å². The highest BCUT2D eigenvalue weighted by Crippen LogP contribution is 2.17. The van der Waals surface area contributed by atoms with Crippen molar-refractivity contribution in [3.05, 3.63) is 0 Å². The lowest BCUT2D eigenvalue weighted by molar-refractivity contribution is -0.122. The van der Waals surface area contributed by atoms with E-state index in [0.29, 0.717) is 12.6 Å². The molecule has 0 atom stereocenters. The number of nitrogens with one attached hydrogen (secondary N) is 2. The van der Waals surface area contributed by atoms with Gasteiger partial charge < -0.3 is 15.4 Å². The molecule has 0 aromatic rings. The van der Waals surface area contributed by atoms with E-state index < -0.39 is 13.0 Å². The van der Waals surface area contributed by atoms with Crippen LogP contribution in [-0.4, -0.2) is 44.7 Å². The van der Waals surface area contributed by atoms with Gasteiger partial charge in [-0.2, -0.15) is 0 Å². The highest BCUT2D eigenvalue weighted by Gasteiger charge is 2.19. The first-order valence-electron chi connectivity index (χ1n) is 5.54. The minimum Gasteiger partial charge on any atom is -0.375 e. The number of alkyl halides is 2. The molecule has 0 bridgehead atoms. The van der Waals surface area contributed by atoms with Crippen molar-refractivity contribution in [2.24, 2.45) is 0 Å². The van der Waals surface area contributed by atoms with Crippen LogP contribution in [-0.2, 0) is 9.53 Å². The summed E-state index contributed by atoms with van der Waals surface area (Å²) >= 11 is 0. The van der Waals surface area contributed by atoms with E-state index in [9.17, 15) is 13.6 Å². The number of halogens is 2. The highest BCUT2D eigenvalue weighted by atomic mass is 19.3. The molecule has 1 aliphatic rings. The first kappa shape index (κ1) is 13.3. The average Bonchev–Trinajstić information content (AvgIpc) is 3.03. The van der Waals surface area contributed by atoms with Crippen molar-refractivity contribution in [1.82, 2.24) is 10.6 Å². The van der Waals surface area contributed by atoms with E-state index >= 15 is 0 Å². The molecule has 0 radical (unpaired) electrons. The third-order valence-corrected chi connectivity index (χ3v) is 2.17. The molecule has 1 saturated carbocycles. The number of carbonyl (C=O) groups is 1. The van der Waals surface area contributed by atoms with Crippen LogP contribution in [0.25, 0.3) is 0 Å². The molecule has 1 aliphatic carbocycles. The molecular weight excluding hydrogens is 218 g/mol. The average molecular weight is 236 g/mol. The largest absolute Gasteiger partial charge is 0.375 e. The first-order chi connectivity index (χ1) is 7.68. The van der Waals surface area contributed by atoms with Gasteiger partial charge in [0.05, 0.1) is 6.61 Å². The Balaban J connectivity index is 1.82. The summed E-state index contributed by atoms with van der Waals surface area (Å²) < 4.78 is 27.9. The predicted molar refractivity (Wildman–Crippen MR) is 55.5 cm³/mol. The first-order valence-corrected chi connectivity index (χ1v) is 5.54. The zero-order chi connectivity index (χ0) is 11.8. The van der Waals surface area contributed by atoms with E-state index in [1.165, 1.54) is 12.8 Å². The molecule has 2 N–H and O–H groups in total. The Kier molecular flexibility index (Phi) is 6.25. The van der Waals surface area contributed by atoms with Crippen LogP contribution in [0, 0.1) is 0 Å². The summed E-state index contributed by atoms with van der Waals surface area (Å²) in [5, 5.41) is 5.93. The molecule has 0 unspecified atom stereocenters. The normalized spacial score (nSPS) is 15.4. The van der Waals surface area contributed by atoms with Crippen molar-refractivity contribution in [2.75, 3.05) is 26.3 Å². The Hall–Kier alpha value is -0.750. The van der Waals surface area contributed by atoms with Crippen molar-refractivity contribution >= 4 is 5.91 Å². The number of ether oxygens (including phenoxy) is 1. The van der Waals surface area contributed by atoms with E-state index in [1.54, 1.807) is 0 Å². The summed E-state index contributed by atoms with van der Waals surface area (Å²) in [5.74, 6) is -0.160. The van der Waals surface area contributed by atoms with Gasteiger partial charge in [-0.3, -0.25) is 4.79 Å². The molecular formula is C10H18F2N2O2. The van der Waals surface area contributed by atoms with Crippen LogP contribution in [0.4, 0.5) is 8.78 Å². The molecule has 1 fully saturated rings. The standard InChI is InChI=1S/C10H18F2N2O2/c11-9(12)7-16-6-3-10(15)14-5-4-13-8-1-2-8/h8-9,13H,1-7H2,(H,14,15). The zero-order valence-electron chi connectivity index (χ0n) is 9.18. The van der Waals surface area contributed by atoms with Gasteiger partial charge in [0.25, 0.3) is 6.43 Å². The van der Waals surface area contributed by atoms with Gasteiger partial charge in [-0.05, 0) is 12.8 Å². The zero-order valence-corrected chi connectivity index (χ0v) is 9.18. The van der Waals surface area contributed by atoms with Gasteiger partial charge in [-0.1, -0.05) is 0 Å². The van der Waals surface area contributed by atoms with Crippen molar-refractivity contribution in [3.8, 4) is 0 Å². The molecule has 1 amide bonds. The molecule has 0 aliphatic heterocycles. The molecule has 94 valence electrons. The second-order valence-corrected chi connectivity index (χ2v) is 3.79. The molecule has 0 spiro atoms. The number of amides is 1. The SMILES string of the molecule is O=C(CCOCC(F)F)NCCNC1CC1. The van der Waals surface area contributed by atoms with Crippen molar-refractivity contribution in [2.45, 2.75) is 31.7 Å². The monoisotopic (exact) mass is 236 g/mol. The van der Waals surface area contributed by atoms with E-state index in [1.807, 2.05) is 0 Å². The number of hydrogen-bond acceptors (Lipinski definition) is 3. The van der Waals surface area contributed by atoms with Crippen LogP contribution in [0.3, 0.4) is 0 Å². The second-order valence-electron chi connectivity index (χ2n) is 3.79. The van der Waals surface area contributed by atoms with E-state index in [4.69, 9.17) is 0 Å². The maximum absolute atomic E-state index is 11.7. The summed E-state index contributed by atoms with van der Waals surface area (Å²) in [6, 6.07) is 0.631. The third-order valence-electron chi connectivity index (χ3n) is 2.17. The minimum absolute atomic E-state index is 0.0478. The molecule has 16 heavy (non-hydrogen) atoms. The van der Waals surface area contributed by atoms with Gasteiger partial charge in [0.1, 0.15) is 6.61 Å². The van der Waals surface area contributed by atoms with Crippen LogP contribution in [0.2, 0.25) is 0 Å². The smallest absolute Gasteiger partial charge is 0.261 e. The Morgan fingerprint density at radius 1 is 1.38 bits per heavy atom. The predicted octanol–water partition coefficient (Wildman–Crippen LogP) is 0.526. The molecule has 6 heteroatoms. The van der Waals surface area contributed by atoms with Gasteiger partial charge in [-0.15, -0.1) is 0 Å². The third kappa shape index (κ3) is 7.53. The maximum Gasteiger partial charge on any atom is 0.261 e. The van der Waals surface area contributed by atoms with Crippen LogP contribution in [0.1, 0.15) is 19.3 Å². The number of rotatable bonds is 9. The molecule has 1 rings (SSSR count). The van der Waals surface area contributed by atoms with Crippen molar-refractivity contribution in [1.29, 1.82) is 0 Å². The number of hydrogen-bond donors (Lipinski definition) is 2. The summed E-state index contributed by atoms with van der Waals surface area (Å²) in [4.78, 5) is 11.1. The molecule has 0 aromatic heterocycles. The topological polar surface area (TPSA) is 50.4 Å². The van der Waals surface area contributed by atoms with E-state index in [2.05, 4.69) is 15.4 Å². The van der Waals surface area contributed by atoms with Crippen LogP contribution < -0.4 is 10.6 Å². The molecule has 0 heterocycles. The fraction of sp³-hybridized carbons (Fsp3) is 0.900. The quantitative estimate of drug-likeness (QED) is 0.574. The van der Waals surface area contributed by atoms with Gasteiger partial charge in [0.2, 0.25) is 5.91 Å². The maximum atomic E-state index is 11.7. The molecule has 0 saturated heterocycles. The Morgan fingerprint density at radius 3 is 2.75 bits per heavy atom. The van der Waals surface area contributed by atoms with Gasteiger partial charge in [0, 0.05) is 25.6 Å². The number of carbonyl (C=O) groups excluding carboxylic acids is 1. The Labute approximate surface area is 93.7 Å². The van der Waals surface area contributed by atoms with Crippen LogP contribution in [0.5, 0.6) is 0 Å². The van der Waals surface area contributed by atoms with Gasteiger partial charge in [0.15, 0.2) is 0 Å². The van der Waals surface area contributed by atoms with Gasteiger partial charge in [-0.25, -0.2) is 8.78 Å². The lowest BCUT2D eigenvalue weighted by atomic mass is 10.4. The highest BCUT2D eigenvalue weighted by molar-refractivity contribution is 5.75. The van der Waals surface area contributed by atoms with Crippen LogP contribution >= 0.6 is 0 Å². The van der Waals surface area contributed by atoms with Gasteiger partial charge >= 0.3 is 0 Å². The summed E-state index contributed by atoms with van der Waals surface area (Å²) in [5.41, 5.74) is 0. The lowest BCUT2D eigenvalue weighted by Gasteiger charge is -2.06. The van der Waals surface area contributed by atoms with Crippen LogP contribution in [0.15, 0.2) is 0 Å². The molecule has 0 aromatic carbocycles. The Bertz CT molecular complexity index is 199. The minimum atomic E-state index is -2.47. The van der Waals surface area contributed by atoms with E-state index in [-0.39, 0.29) is 18.9 Å². The summed E-state index contributed by atoms with van der Waals surface area (Å²) in [6.45, 7) is 0.779. The Morgan fingerprint density at radius 2 is 2.12 bits per heavy atom. The fourth-order valence-corrected chi connectivity index (χ4v) is 1.19. The second kappa shape index (κ2) is 7.51.